The molecule has 0 aliphatic heterocycles. The molecule has 0 heterocycles. The Balaban J connectivity index is 1.65. The third kappa shape index (κ3) is 4.13. The molecule has 4 rings (SSSR count). The van der Waals surface area contributed by atoms with Crippen molar-refractivity contribution in [3.63, 3.8) is 0 Å². The number of ether oxygens (including phenoxy) is 1. The molecule has 142 valence electrons. The van der Waals surface area contributed by atoms with Crippen molar-refractivity contribution in [2.24, 2.45) is 0 Å². The van der Waals surface area contributed by atoms with Crippen LogP contribution in [0.5, 0.6) is 0 Å². The zero-order chi connectivity index (χ0) is 19.6. The van der Waals surface area contributed by atoms with E-state index >= 15 is 0 Å². The lowest BCUT2D eigenvalue weighted by atomic mass is 10.1. The van der Waals surface area contributed by atoms with E-state index in [2.05, 4.69) is 108 Å². The minimum absolute atomic E-state index is 0.128. The van der Waals surface area contributed by atoms with Gasteiger partial charge in [0.05, 0.1) is 10.9 Å². The second-order valence-corrected chi connectivity index (χ2v) is 10.9. The van der Waals surface area contributed by atoms with Gasteiger partial charge in [-0.3, -0.25) is 4.79 Å². The van der Waals surface area contributed by atoms with Crippen molar-refractivity contribution in [1.29, 1.82) is 0 Å². The zero-order valence-electron chi connectivity index (χ0n) is 15.7. The summed E-state index contributed by atoms with van der Waals surface area (Å²) in [5, 5.41) is 0. The molecule has 1 aliphatic rings. The van der Waals surface area contributed by atoms with Gasteiger partial charge in [-0.2, -0.15) is 0 Å². The largest absolute Gasteiger partial charge is 0.453 e. The summed E-state index contributed by atoms with van der Waals surface area (Å²) in [4.78, 5) is 16.0. The van der Waals surface area contributed by atoms with Crippen LogP contribution in [0.15, 0.2) is 99.6 Å². The summed E-state index contributed by atoms with van der Waals surface area (Å²) < 4.78 is 5.69. The zero-order valence-corrected chi connectivity index (χ0v) is 18.7. The van der Waals surface area contributed by atoms with Crippen LogP contribution in [0.1, 0.15) is 25.3 Å². The Kier molecular flexibility index (Phi) is 5.78. The Labute approximate surface area is 182 Å². The summed E-state index contributed by atoms with van der Waals surface area (Å²) in [7, 11) is -0.156. The minimum atomic E-state index is -0.410. The maximum absolute atomic E-state index is 12.1. The third-order valence-corrected chi connectivity index (χ3v) is 7.64. The Morgan fingerprint density at radius 1 is 0.857 bits per heavy atom. The van der Waals surface area contributed by atoms with E-state index in [1.807, 2.05) is 6.92 Å². The molecule has 0 bridgehead atoms. The highest BCUT2D eigenvalue weighted by molar-refractivity contribution is 14.1. The lowest BCUT2D eigenvalue weighted by Crippen LogP contribution is -2.22. The van der Waals surface area contributed by atoms with Crippen molar-refractivity contribution in [2.45, 2.75) is 44.0 Å². The number of halogens is 1. The predicted molar refractivity (Wildman–Crippen MR) is 122 cm³/mol. The van der Waals surface area contributed by atoms with Crippen molar-refractivity contribution in [3.8, 4) is 0 Å². The van der Waals surface area contributed by atoms with Gasteiger partial charge in [0.2, 0.25) is 0 Å². The standard InChI is InChI=1S/C24H22IO2S/c1-18(25)23(26)27-24(16-17-24)19-12-14-22(15-13-19)28(20-8-4-2-5-9-20)21-10-6-3-7-11-21/h2-15,18H,16-17H2,1H3/q+1. The maximum atomic E-state index is 12.1. The molecule has 1 atom stereocenters. The average Bonchev–Trinajstić information content (AvgIpc) is 3.51. The van der Waals surface area contributed by atoms with Gasteiger partial charge in [0.25, 0.3) is 0 Å². The first kappa shape index (κ1) is 19.5. The van der Waals surface area contributed by atoms with E-state index < -0.39 is 5.60 Å². The number of rotatable bonds is 6. The number of benzene rings is 3. The van der Waals surface area contributed by atoms with Gasteiger partial charge in [0, 0.05) is 0 Å². The molecular formula is C24H22IO2S+. The summed E-state index contributed by atoms with van der Waals surface area (Å²) in [5.41, 5.74) is 0.694. The van der Waals surface area contributed by atoms with Gasteiger partial charge in [-0.15, -0.1) is 0 Å². The second kappa shape index (κ2) is 8.29. The van der Waals surface area contributed by atoms with Crippen LogP contribution in [0.4, 0.5) is 0 Å². The van der Waals surface area contributed by atoms with Gasteiger partial charge < -0.3 is 4.74 Å². The fraction of sp³-hybridized carbons (Fsp3) is 0.208. The predicted octanol–water partition coefficient (Wildman–Crippen LogP) is 6.14. The average molecular weight is 501 g/mol. The first-order valence-electron chi connectivity index (χ1n) is 9.41. The van der Waals surface area contributed by atoms with E-state index in [1.54, 1.807) is 0 Å². The van der Waals surface area contributed by atoms with Crippen LogP contribution in [0.2, 0.25) is 0 Å². The molecule has 0 saturated heterocycles. The van der Waals surface area contributed by atoms with E-state index in [1.165, 1.54) is 14.7 Å². The molecule has 2 nitrogen and oxygen atoms in total. The number of carbonyl (C=O) groups is 1. The molecule has 3 aromatic rings. The molecule has 0 amide bonds. The lowest BCUT2D eigenvalue weighted by Gasteiger charge is -2.18. The highest BCUT2D eigenvalue weighted by Crippen LogP contribution is 2.50. The Morgan fingerprint density at radius 3 is 1.75 bits per heavy atom. The van der Waals surface area contributed by atoms with E-state index in [0.29, 0.717) is 0 Å². The van der Waals surface area contributed by atoms with Gasteiger partial charge in [0.15, 0.2) is 14.7 Å². The number of hydrogen-bond acceptors (Lipinski definition) is 2. The molecule has 0 radical (unpaired) electrons. The fourth-order valence-corrected chi connectivity index (χ4v) is 5.46. The van der Waals surface area contributed by atoms with Gasteiger partial charge in [-0.1, -0.05) is 71.1 Å². The maximum Gasteiger partial charge on any atom is 0.319 e. The number of alkyl halides is 1. The number of hydrogen-bond donors (Lipinski definition) is 0. The van der Waals surface area contributed by atoms with Crippen LogP contribution in [0.3, 0.4) is 0 Å². The molecule has 0 N–H and O–H groups in total. The smallest absolute Gasteiger partial charge is 0.319 e. The van der Waals surface area contributed by atoms with Crippen molar-refractivity contribution >= 4 is 39.5 Å². The molecule has 0 spiro atoms. The Morgan fingerprint density at radius 2 is 1.32 bits per heavy atom. The van der Waals surface area contributed by atoms with Crippen molar-refractivity contribution in [2.75, 3.05) is 0 Å². The molecule has 0 aromatic heterocycles. The summed E-state index contributed by atoms with van der Waals surface area (Å²) in [6.45, 7) is 1.87. The van der Waals surface area contributed by atoms with Crippen molar-refractivity contribution < 1.29 is 9.53 Å². The van der Waals surface area contributed by atoms with Crippen molar-refractivity contribution in [1.82, 2.24) is 0 Å². The number of carbonyl (C=O) groups excluding carboxylic acids is 1. The van der Waals surface area contributed by atoms with Crippen LogP contribution in [-0.2, 0) is 26.0 Å². The molecule has 1 unspecified atom stereocenters. The quantitative estimate of drug-likeness (QED) is 0.176. The normalized spacial score (nSPS) is 15.8. The second-order valence-electron chi connectivity index (χ2n) is 6.99. The van der Waals surface area contributed by atoms with Gasteiger partial charge in [0.1, 0.15) is 9.53 Å². The fourth-order valence-electron chi connectivity index (χ4n) is 3.25. The molecule has 3 aromatic carbocycles. The first-order valence-corrected chi connectivity index (χ1v) is 11.9. The summed E-state index contributed by atoms with van der Waals surface area (Å²) >= 11 is 2.11. The van der Waals surface area contributed by atoms with Gasteiger partial charge >= 0.3 is 5.97 Å². The Bertz CT molecular complexity index is 896. The molecular weight excluding hydrogens is 479 g/mol. The minimum Gasteiger partial charge on any atom is -0.453 e. The molecule has 4 heteroatoms. The van der Waals surface area contributed by atoms with Crippen LogP contribution < -0.4 is 0 Å². The Hall–Kier alpha value is -1.79. The topological polar surface area (TPSA) is 26.3 Å². The van der Waals surface area contributed by atoms with Gasteiger partial charge in [-0.05, 0) is 61.7 Å². The van der Waals surface area contributed by atoms with Crippen LogP contribution in [0, 0.1) is 0 Å². The van der Waals surface area contributed by atoms with E-state index in [0.717, 1.165) is 18.4 Å². The molecule has 28 heavy (non-hydrogen) atoms. The molecule has 1 aliphatic carbocycles. The SMILES string of the molecule is CC(I)C(=O)OC1(c2ccc([S+](c3ccccc3)c3ccccc3)cc2)CC1. The van der Waals surface area contributed by atoms with Crippen LogP contribution in [0.25, 0.3) is 0 Å². The first-order chi connectivity index (χ1) is 13.6. The summed E-state index contributed by atoms with van der Waals surface area (Å²) in [6, 6.07) is 29.9. The van der Waals surface area contributed by atoms with Crippen LogP contribution in [-0.4, -0.2) is 9.89 Å². The third-order valence-electron chi connectivity index (χ3n) is 4.90. The van der Waals surface area contributed by atoms with Crippen molar-refractivity contribution in [3.05, 3.63) is 90.5 Å². The summed E-state index contributed by atoms with van der Waals surface area (Å²) in [6.07, 6.45) is 1.81. The molecule has 1 saturated carbocycles. The van der Waals surface area contributed by atoms with Crippen LogP contribution >= 0.6 is 22.6 Å². The van der Waals surface area contributed by atoms with E-state index in [-0.39, 0.29) is 20.8 Å². The van der Waals surface area contributed by atoms with Gasteiger partial charge in [-0.25, -0.2) is 0 Å². The molecule has 1 fully saturated rings. The van der Waals surface area contributed by atoms with E-state index in [9.17, 15) is 4.79 Å². The monoisotopic (exact) mass is 501 g/mol. The van der Waals surface area contributed by atoms with E-state index in [4.69, 9.17) is 4.74 Å². The highest BCUT2D eigenvalue weighted by atomic mass is 127. The highest BCUT2D eigenvalue weighted by Gasteiger charge is 2.49. The number of esters is 1. The lowest BCUT2D eigenvalue weighted by molar-refractivity contribution is -0.150. The summed E-state index contributed by atoms with van der Waals surface area (Å²) in [5.74, 6) is -0.129.